The molecular formula is C16H15N5O2S. The van der Waals surface area contributed by atoms with Gasteiger partial charge in [0.2, 0.25) is 5.95 Å². The molecule has 0 bridgehead atoms. The minimum atomic E-state index is -3.80. The average molecular weight is 341 g/mol. The maximum Gasteiger partial charge on any atom is 0.264 e. The molecule has 0 fully saturated rings. The summed E-state index contributed by atoms with van der Waals surface area (Å²) in [6.45, 7) is 1.76. The van der Waals surface area contributed by atoms with E-state index in [4.69, 9.17) is 5.73 Å². The number of rotatable bonds is 4. The van der Waals surface area contributed by atoms with E-state index in [9.17, 15) is 8.42 Å². The number of aromatic nitrogens is 3. The molecule has 24 heavy (non-hydrogen) atoms. The van der Waals surface area contributed by atoms with E-state index < -0.39 is 10.0 Å². The number of anilines is 2. The Morgan fingerprint density at radius 3 is 2.42 bits per heavy atom. The monoisotopic (exact) mass is 341 g/mol. The first-order valence-electron chi connectivity index (χ1n) is 7.09. The summed E-state index contributed by atoms with van der Waals surface area (Å²) in [5, 5.41) is 0. The summed E-state index contributed by atoms with van der Waals surface area (Å²) in [5.74, 6) is -0.00696. The van der Waals surface area contributed by atoms with Crippen molar-refractivity contribution in [3.63, 3.8) is 0 Å². The minimum absolute atomic E-state index is 0.00696. The van der Waals surface area contributed by atoms with Crippen LogP contribution in [-0.2, 0) is 10.0 Å². The Hall–Kier alpha value is -3.00. The molecule has 0 saturated heterocycles. The highest BCUT2D eigenvalue weighted by Crippen LogP contribution is 2.19. The molecule has 0 atom stereocenters. The molecule has 0 radical (unpaired) electrons. The summed E-state index contributed by atoms with van der Waals surface area (Å²) in [6, 6.07) is 13.0. The van der Waals surface area contributed by atoms with Crippen LogP contribution in [-0.4, -0.2) is 23.4 Å². The van der Waals surface area contributed by atoms with E-state index in [2.05, 4.69) is 19.7 Å². The third-order valence-corrected chi connectivity index (χ3v) is 4.54. The first-order valence-corrected chi connectivity index (χ1v) is 8.58. The fourth-order valence-corrected chi connectivity index (χ4v) is 3.03. The lowest BCUT2D eigenvalue weighted by Gasteiger charge is -2.09. The van der Waals surface area contributed by atoms with Crippen molar-refractivity contribution in [2.45, 2.75) is 11.8 Å². The van der Waals surface area contributed by atoms with Crippen molar-refractivity contribution >= 4 is 21.7 Å². The molecule has 122 valence electrons. The molecule has 1 aromatic carbocycles. The molecule has 2 heterocycles. The lowest BCUT2D eigenvalue weighted by Crippen LogP contribution is -2.15. The van der Waals surface area contributed by atoms with Gasteiger partial charge in [0.1, 0.15) is 0 Å². The normalized spacial score (nSPS) is 11.2. The minimum Gasteiger partial charge on any atom is -0.399 e. The lowest BCUT2D eigenvalue weighted by atomic mass is 10.2. The van der Waals surface area contributed by atoms with Gasteiger partial charge in [-0.2, -0.15) is 0 Å². The van der Waals surface area contributed by atoms with Crippen LogP contribution in [0.5, 0.6) is 0 Å². The van der Waals surface area contributed by atoms with Gasteiger partial charge in [-0.15, -0.1) is 0 Å². The van der Waals surface area contributed by atoms with Crippen LogP contribution in [0.1, 0.15) is 5.69 Å². The van der Waals surface area contributed by atoms with Crippen LogP contribution in [0.25, 0.3) is 11.4 Å². The van der Waals surface area contributed by atoms with Crippen LogP contribution in [0.2, 0.25) is 0 Å². The van der Waals surface area contributed by atoms with Gasteiger partial charge in [-0.3, -0.25) is 4.98 Å². The molecule has 7 nitrogen and oxygen atoms in total. The average Bonchev–Trinajstić information content (AvgIpc) is 2.55. The Morgan fingerprint density at radius 2 is 1.75 bits per heavy atom. The Kier molecular flexibility index (Phi) is 4.13. The molecule has 3 N–H and O–H groups in total. The van der Waals surface area contributed by atoms with Gasteiger partial charge in [-0.05, 0) is 49.4 Å². The molecule has 2 aromatic heterocycles. The van der Waals surface area contributed by atoms with E-state index in [-0.39, 0.29) is 10.8 Å². The second kappa shape index (κ2) is 6.25. The molecule has 8 heteroatoms. The van der Waals surface area contributed by atoms with E-state index in [0.717, 1.165) is 0 Å². The first kappa shape index (κ1) is 15.9. The van der Waals surface area contributed by atoms with Crippen LogP contribution in [0.3, 0.4) is 0 Å². The van der Waals surface area contributed by atoms with Gasteiger partial charge in [0.25, 0.3) is 10.0 Å². The molecule has 0 spiro atoms. The third-order valence-electron chi connectivity index (χ3n) is 3.20. The molecule has 0 aliphatic heterocycles. The van der Waals surface area contributed by atoms with Crippen LogP contribution in [0.4, 0.5) is 11.6 Å². The van der Waals surface area contributed by atoms with Crippen molar-refractivity contribution in [1.29, 1.82) is 0 Å². The number of nitrogens with zero attached hydrogens (tertiary/aromatic N) is 3. The van der Waals surface area contributed by atoms with Crippen LogP contribution in [0, 0.1) is 6.92 Å². The molecule has 0 aliphatic carbocycles. The van der Waals surface area contributed by atoms with E-state index in [1.807, 2.05) is 6.07 Å². The Labute approximate surface area is 139 Å². The predicted octanol–water partition coefficient (Wildman–Crippen LogP) is 2.23. The fourth-order valence-electron chi connectivity index (χ4n) is 2.09. The quantitative estimate of drug-likeness (QED) is 0.704. The number of benzene rings is 1. The molecule has 0 saturated carbocycles. The maximum atomic E-state index is 12.4. The predicted molar refractivity (Wildman–Crippen MR) is 91.7 cm³/mol. The van der Waals surface area contributed by atoms with Crippen molar-refractivity contribution in [3.05, 3.63) is 60.4 Å². The van der Waals surface area contributed by atoms with Gasteiger partial charge >= 0.3 is 0 Å². The van der Waals surface area contributed by atoms with Gasteiger partial charge in [0, 0.05) is 17.6 Å². The number of pyridine rings is 1. The molecule has 0 amide bonds. The largest absolute Gasteiger partial charge is 0.399 e. The van der Waals surface area contributed by atoms with Crippen molar-refractivity contribution in [2.24, 2.45) is 0 Å². The lowest BCUT2D eigenvalue weighted by molar-refractivity contribution is 0.601. The SMILES string of the molecule is Cc1cc(-c2ccccn2)nc(NS(=O)(=O)c2ccc(N)cc2)n1. The molecule has 0 aliphatic rings. The molecule has 3 rings (SSSR count). The Balaban J connectivity index is 1.95. The third kappa shape index (κ3) is 3.49. The second-order valence-corrected chi connectivity index (χ2v) is 6.79. The number of hydrogen-bond donors (Lipinski definition) is 2. The molecular weight excluding hydrogens is 326 g/mol. The summed E-state index contributed by atoms with van der Waals surface area (Å²) in [6.07, 6.45) is 1.64. The van der Waals surface area contributed by atoms with Crippen molar-refractivity contribution in [3.8, 4) is 11.4 Å². The van der Waals surface area contributed by atoms with Gasteiger partial charge in [-0.1, -0.05) is 6.07 Å². The zero-order valence-corrected chi connectivity index (χ0v) is 13.7. The summed E-state index contributed by atoms with van der Waals surface area (Å²) in [5.41, 5.74) is 7.86. The van der Waals surface area contributed by atoms with Crippen LogP contribution in [0.15, 0.2) is 59.6 Å². The number of hydrogen-bond acceptors (Lipinski definition) is 6. The highest BCUT2D eigenvalue weighted by molar-refractivity contribution is 7.92. The van der Waals surface area contributed by atoms with Crippen molar-refractivity contribution in [2.75, 3.05) is 10.5 Å². The smallest absolute Gasteiger partial charge is 0.264 e. The Bertz CT molecular complexity index is 958. The topological polar surface area (TPSA) is 111 Å². The number of nitrogens with one attached hydrogen (secondary N) is 1. The maximum absolute atomic E-state index is 12.4. The van der Waals surface area contributed by atoms with E-state index in [0.29, 0.717) is 22.8 Å². The standard InChI is InChI=1S/C16H15N5O2S/c1-11-10-15(14-4-2-3-9-18-14)20-16(19-11)21-24(22,23)13-7-5-12(17)6-8-13/h2-10H,17H2,1H3,(H,19,20,21). The van der Waals surface area contributed by atoms with E-state index in [1.54, 1.807) is 31.3 Å². The van der Waals surface area contributed by atoms with Crippen LogP contribution >= 0.6 is 0 Å². The van der Waals surface area contributed by atoms with Crippen molar-refractivity contribution < 1.29 is 8.42 Å². The van der Waals surface area contributed by atoms with Gasteiger partial charge < -0.3 is 5.73 Å². The summed E-state index contributed by atoms with van der Waals surface area (Å²) in [7, 11) is -3.80. The highest BCUT2D eigenvalue weighted by Gasteiger charge is 2.16. The first-order chi connectivity index (χ1) is 11.4. The number of nitrogens with two attached hydrogens (primary N) is 1. The molecule has 0 unspecified atom stereocenters. The number of sulfonamides is 1. The number of aryl methyl sites for hydroxylation is 1. The molecule has 3 aromatic rings. The van der Waals surface area contributed by atoms with Gasteiger partial charge in [0.05, 0.1) is 16.3 Å². The van der Waals surface area contributed by atoms with E-state index in [1.165, 1.54) is 24.3 Å². The zero-order valence-electron chi connectivity index (χ0n) is 12.8. The van der Waals surface area contributed by atoms with E-state index >= 15 is 0 Å². The van der Waals surface area contributed by atoms with Gasteiger partial charge in [0.15, 0.2) is 0 Å². The highest BCUT2D eigenvalue weighted by atomic mass is 32.2. The summed E-state index contributed by atoms with van der Waals surface area (Å²) in [4.78, 5) is 12.7. The second-order valence-electron chi connectivity index (χ2n) is 5.11. The summed E-state index contributed by atoms with van der Waals surface area (Å²) < 4.78 is 27.2. The van der Waals surface area contributed by atoms with Crippen molar-refractivity contribution in [1.82, 2.24) is 15.0 Å². The number of nitrogen functional groups attached to an aromatic ring is 1. The zero-order chi connectivity index (χ0) is 17.2. The summed E-state index contributed by atoms with van der Waals surface area (Å²) >= 11 is 0. The Morgan fingerprint density at radius 1 is 1.00 bits per heavy atom. The van der Waals surface area contributed by atoms with Gasteiger partial charge in [-0.25, -0.2) is 23.1 Å². The fraction of sp³-hybridized carbons (Fsp3) is 0.0625. The van der Waals surface area contributed by atoms with Crippen LogP contribution < -0.4 is 10.5 Å².